The maximum atomic E-state index is 12.2. The summed E-state index contributed by atoms with van der Waals surface area (Å²) in [5.74, 6) is -0.600. The van der Waals surface area contributed by atoms with Crippen LogP contribution < -0.4 is 10.6 Å². The molecule has 2 aromatic rings. The molecule has 3 amide bonds. The van der Waals surface area contributed by atoms with E-state index >= 15 is 0 Å². The van der Waals surface area contributed by atoms with Crippen molar-refractivity contribution < 1.29 is 14.4 Å². The highest BCUT2D eigenvalue weighted by molar-refractivity contribution is 8.18. The highest BCUT2D eigenvalue weighted by Crippen LogP contribution is 2.25. The first-order valence-corrected chi connectivity index (χ1v) is 8.58. The lowest BCUT2D eigenvalue weighted by Crippen LogP contribution is -2.22. The molecule has 5 nitrogen and oxygen atoms in total. The molecule has 7 heteroatoms. The third kappa shape index (κ3) is 4.49. The van der Waals surface area contributed by atoms with Crippen LogP contribution in [0, 0.1) is 0 Å². The van der Waals surface area contributed by atoms with Crippen LogP contribution in [0.1, 0.15) is 21.5 Å². The van der Waals surface area contributed by atoms with E-state index in [0.717, 1.165) is 22.9 Å². The van der Waals surface area contributed by atoms with Gasteiger partial charge in [0.1, 0.15) is 0 Å². The number of rotatable bonds is 4. The number of hydrogen-bond acceptors (Lipinski definition) is 4. The Labute approximate surface area is 153 Å². The Bertz CT molecular complexity index is 861. The predicted octanol–water partition coefficient (Wildman–Crippen LogP) is 3.59. The Morgan fingerprint density at radius 3 is 2.36 bits per heavy atom. The van der Waals surface area contributed by atoms with E-state index in [0.29, 0.717) is 22.0 Å². The van der Waals surface area contributed by atoms with Gasteiger partial charge >= 0.3 is 0 Å². The average Bonchev–Trinajstić information content (AvgIpc) is 2.92. The number of thioether (sulfide) groups is 1. The number of imide groups is 1. The van der Waals surface area contributed by atoms with Gasteiger partial charge in [-0.1, -0.05) is 35.9 Å². The van der Waals surface area contributed by atoms with E-state index in [4.69, 9.17) is 11.6 Å². The summed E-state index contributed by atoms with van der Waals surface area (Å²) in [6.45, 7) is 0.403. The number of benzene rings is 2. The van der Waals surface area contributed by atoms with Crippen LogP contribution >= 0.6 is 23.4 Å². The number of carbonyl (C=O) groups is 3. The summed E-state index contributed by atoms with van der Waals surface area (Å²) in [5, 5.41) is 5.30. The van der Waals surface area contributed by atoms with Crippen LogP contribution in [0.2, 0.25) is 5.02 Å². The van der Waals surface area contributed by atoms with Crippen LogP contribution in [0.3, 0.4) is 0 Å². The molecule has 1 fully saturated rings. The predicted molar refractivity (Wildman–Crippen MR) is 98.2 cm³/mol. The van der Waals surface area contributed by atoms with Gasteiger partial charge < -0.3 is 5.32 Å². The maximum absolute atomic E-state index is 12.2. The van der Waals surface area contributed by atoms with Gasteiger partial charge in [0, 0.05) is 17.1 Å². The van der Waals surface area contributed by atoms with Crippen molar-refractivity contribution in [3.8, 4) is 0 Å². The number of nitrogens with one attached hydrogen (secondary N) is 2. The van der Waals surface area contributed by atoms with Gasteiger partial charge in [-0.2, -0.15) is 0 Å². The second kappa shape index (κ2) is 7.55. The first kappa shape index (κ1) is 17.3. The van der Waals surface area contributed by atoms with E-state index in [2.05, 4.69) is 10.6 Å². The second-order valence-electron chi connectivity index (χ2n) is 5.28. The molecule has 0 aliphatic carbocycles. The minimum absolute atomic E-state index is 0.197. The zero-order valence-corrected chi connectivity index (χ0v) is 14.5. The molecular formula is C18H13ClN2O3S. The molecule has 25 heavy (non-hydrogen) atoms. The molecule has 1 heterocycles. The fourth-order valence-electron chi connectivity index (χ4n) is 2.19. The normalized spacial score (nSPS) is 15.3. The molecule has 1 saturated heterocycles. The SMILES string of the molecule is O=C1NC(=O)C(=Cc2ccc(C(=O)NCc3ccc(Cl)cc3)cc2)S1. The van der Waals surface area contributed by atoms with Crippen molar-refractivity contribution in [2.45, 2.75) is 6.54 Å². The van der Waals surface area contributed by atoms with Crippen LogP contribution in [-0.4, -0.2) is 17.1 Å². The monoisotopic (exact) mass is 372 g/mol. The minimum Gasteiger partial charge on any atom is -0.348 e. The lowest BCUT2D eigenvalue weighted by atomic mass is 10.1. The smallest absolute Gasteiger partial charge is 0.290 e. The zero-order chi connectivity index (χ0) is 17.8. The molecular weight excluding hydrogens is 360 g/mol. The van der Waals surface area contributed by atoms with Gasteiger partial charge in [-0.15, -0.1) is 0 Å². The van der Waals surface area contributed by atoms with Crippen molar-refractivity contribution in [1.82, 2.24) is 10.6 Å². The maximum Gasteiger partial charge on any atom is 0.290 e. The third-order valence-electron chi connectivity index (χ3n) is 3.48. The van der Waals surface area contributed by atoms with Gasteiger partial charge in [-0.25, -0.2) is 0 Å². The second-order valence-corrected chi connectivity index (χ2v) is 6.73. The highest BCUT2D eigenvalue weighted by Gasteiger charge is 2.24. The Morgan fingerprint density at radius 2 is 1.76 bits per heavy atom. The molecule has 1 aliphatic rings. The van der Waals surface area contributed by atoms with Gasteiger partial charge in [0.05, 0.1) is 4.91 Å². The van der Waals surface area contributed by atoms with Gasteiger partial charge in [0.2, 0.25) is 0 Å². The molecule has 3 rings (SSSR count). The van der Waals surface area contributed by atoms with E-state index in [9.17, 15) is 14.4 Å². The minimum atomic E-state index is -0.403. The number of halogens is 1. The van der Waals surface area contributed by atoms with E-state index in [1.54, 1.807) is 42.5 Å². The fraction of sp³-hybridized carbons (Fsp3) is 0.0556. The molecule has 2 aromatic carbocycles. The standard InChI is InChI=1S/C18H13ClN2O3S/c19-14-7-3-12(4-8-14)10-20-16(22)13-5-1-11(2-6-13)9-15-17(23)21-18(24)25-15/h1-9H,10H2,(H,20,22)(H,21,23,24). The summed E-state index contributed by atoms with van der Waals surface area (Å²) in [7, 11) is 0. The number of carbonyl (C=O) groups excluding carboxylic acids is 3. The zero-order valence-electron chi connectivity index (χ0n) is 12.9. The summed E-state index contributed by atoms with van der Waals surface area (Å²) >= 11 is 6.68. The quantitative estimate of drug-likeness (QED) is 0.804. The van der Waals surface area contributed by atoms with Crippen molar-refractivity contribution in [3.05, 3.63) is 75.1 Å². The first-order chi connectivity index (χ1) is 12.0. The van der Waals surface area contributed by atoms with Crippen LogP contribution in [0.15, 0.2) is 53.4 Å². The number of amides is 3. The van der Waals surface area contributed by atoms with Crippen molar-refractivity contribution in [3.63, 3.8) is 0 Å². The summed E-state index contributed by atoms with van der Waals surface area (Å²) in [4.78, 5) is 35.2. The van der Waals surface area contributed by atoms with Crippen molar-refractivity contribution >= 4 is 46.5 Å². The molecule has 0 unspecified atom stereocenters. The molecule has 0 bridgehead atoms. The van der Waals surface area contributed by atoms with Gasteiger partial charge in [-0.05, 0) is 53.2 Å². The Morgan fingerprint density at radius 1 is 1.08 bits per heavy atom. The highest BCUT2D eigenvalue weighted by atomic mass is 35.5. The van der Waals surface area contributed by atoms with E-state index in [-0.39, 0.29) is 11.1 Å². The van der Waals surface area contributed by atoms with E-state index in [1.807, 2.05) is 12.1 Å². The topological polar surface area (TPSA) is 75.3 Å². The molecule has 0 radical (unpaired) electrons. The Kier molecular flexibility index (Phi) is 5.21. The molecule has 0 aromatic heterocycles. The molecule has 2 N–H and O–H groups in total. The molecule has 0 spiro atoms. The lowest BCUT2D eigenvalue weighted by molar-refractivity contribution is -0.115. The third-order valence-corrected chi connectivity index (χ3v) is 4.54. The largest absolute Gasteiger partial charge is 0.348 e. The summed E-state index contributed by atoms with van der Waals surface area (Å²) < 4.78 is 0. The average molecular weight is 373 g/mol. The molecule has 1 aliphatic heterocycles. The van der Waals surface area contributed by atoms with Gasteiger partial charge in [0.25, 0.3) is 17.1 Å². The Hall–Kier alpha value is -2.57. The van der Waals surface area contributed by atoms with Crippen molar-refractivity contribution in [2.24, 2.45) is 0 Å². The van der Waals surface area contributed by atoms with Crippen LogP contribution in [-0.2, 0) is 11.3 Å². The summed E-state index contributed by atoms with van der Waals surface area (Å²) in [6, 6.07) is 14.0. The molecule has 0 atom stereocenters. The van der Waals surface area contributed by atoms with Gasteiger partial charge in [-0.3, -0.25) is 19.7 Å². The van der Waals surface area contributed by atoms with E-state index in [1.165, 1.54) is 0 Å². The first-order valence-electron chi connectivity index (χ1n) is 7.39. The van der Waals surface area contributed by atoms with Crippen LogP contribution in [0.5, 0.6) is 0 Å². The molecule has 0 saturated carbocycles. The number of hydrogen-bond donors (Lipinski definition) is 2. The van der Waals surface area contributed by atoms with Crippen molar-refractivity contribution in [1.29, 1.82) is 0 Å². The van der Waals surface area contributed by atoms with Crippen molar-refractivity contribution in [2.75, 3.05) is 0 Å². The van der Waals surface area contributed by atoms with Crippen LogP contribution in [0.4, 0.5) is 4.79 Å². The summed E-state index contributed by atoms with van der Waals surface area (Å²) in [5.41, 5.74) is 2.20. The summed E-state index contributed by atoms with van der Waals surface area (Å²) in [6.07, 6.45) is 1.61. The van der Waals surface area contributed by atoms with E-state index < -0.39 is 5.91 Å². The fourth-order valence-corrected chi connectivity index (χ4v) is 3.00. The Balaban J connectivity index is 1.62. The lowest BCUT2D eigenvalue weighted by Gasteiger charge is -2.06. The van der Waals surface area contributed by atoms with Crippen LogP contribution in [0.25, 0.3) is 6.08 Å². The molecule has 126 valence electrons. The van der Waals surface area contributed by atoms with Gasteiger partial charge in [0.15, 0.2) is 0 Å².